The van der Waals surface area contributed by atoms with Crippen molar-refractivity contribution in [2.75, 3.05) is 26.2 Å². The molecule has 0 spiro atoms. The van der Waals surface area contributed by atoms with Gasteiger partial charge in [0.2, 0.25) is 0 Å². The van der Waals surface area contributed by atoms with Crippen LogP contribution in [0.5, 0.6) is 0 Å². The fourth-order valence-corrected chi connectivity index (χ4v) is 14.9. The van der Waals surface area contributed by atoms with E-state index in [1.165, 1.54) is 55.6 Å². The third-order valence-corrected chi connectivity index (χ3v) is 18.8. The minimum Gasteiger partial charge on any atom is -0.324 e. The Hall–Kier alpha value is -8.46. The van der Waals surface area contributed by atoms with Gasteiger partial charge in [0.05, 0.1) is 34.2 Å². The molecule has 8 N–H and O–H groups in total. The lowest BCUT2D eigenvalue weighted by atomic mass is 9.72. The van der Waals surface area contributed by atoms with Crippen molar-refractivity contribution in [1.82, 2.24) is 41.2 Å². The van der Waals surface area contributed by atoms with E-state index in [9.17, 15) is 0 Å². The van der Waals surface area contributed by atoms with Crippen molar-refractivity contribution in [3.63, 3.8) is 0 Å². The summed E-state index contributed by atoms with van der Waals surface area (Å²) in [4.78, 5) is 37.9. The van der Waals surface area contributed by atoms with E-state index in [0.717, 1.165) is 101 Å². The van der Waals surface area contributed by atoms with Gasteiger partial charge in [0.25, 0.3) is 0 Å². The van der Waals surface area contributed by atoms with Crippen LogP contribution in [0.15, 0.2) is 178 Å². The quantitative estimate of drug-likeness (QED) is 0.0882. The average Bonchev–Trinajstić information content (AvgIpc) is 3.58. The van der Waals surface area contributed by atoms with Crippen LogP contribution in [0.2, 0.25) is 10.0 Å². The second kappa shape index (κ2) is 19.1. The Labute approximate surface area is 480 Å². The van der Waals surface area contributed by atoms with Crippen molar-refractivity contribution in [2.24, 2.45) is 20.0 Å². The van der Waals surface area contributed by atoms with Gasteiger partial charge in [-0.3, -0.25) is 0 Å². The number of benzene rings is 8. The first-order valence-electron chi connectivity index (χ1n) is 28.6. The molecule has 8 aromatic carbocycles. The third kappa shape index (κ3) is 7.45. The van der Waals surface area contributed by atoms with Crippen LogP contribution in [-0.2, 0) is 25.7 Å². The Kier molecular flexibility index (Phi) is 11.2. The van der Waals surface area contributed by atoms with Crippen molar-refractivity contribution in [1.29, 1.82) is 0 Å². The normalized spacial score (nSPS) is 19.1. The molecule has 8 bridgehead atoms. The number of H-pyrrole nitrogens is 4. The molecule has 9 heterocycles. The number of hydrogen-bond acceptors (Lipinski definition) is 8. The molecule has 0 saturated heterocycles. The second-order valence-electron chi connectivity index (χ2n) is 22.4. The molecule has 17 rings (SSSR count). The van der Waals surface area contributed by atoms with E-state index in [2.05, 4.69) is 175 Å². The van der Waals surface area contributed by atoms with Gasteiger partial charge in [-0.25, -0.2) is 20.0 Å². The summed E-state index contributed by atoms with van der Waals surface area (Å²) < 4.78 is 0. The van der Waals surface area contributed by atoms with Crippen molar-refractivity contribution < 1.29 is 0 Å². The van der Waals surface area contributed by atoms with Crippen LogP contribution in [0.25, 0.3) is 43.1 Å². The Balaban J connectivity index is 1.14. The van der Waals surface area contributed by atoms with E-state index >= 15 is 0 Å². The number of nitrogens with one attached hydrogen (secondary N) is 8. The van der Waals surface area contributed by atoms with E-state index in [0.29, 0.717) is 60.7 Å². The Bertz CT molecular complexity index is 4930. The van der Waals surface area contributed by atoms with Crippen LogP contribution in [0.3, 0.4) is 0 Å². The summed E-state index contributed by atoms with van der Waals surface area (Å²) in [6, 6.07) is 55.5. The maximum atomic E-state index is 7.46. The maximum Gasteiger partial charge on any atom is 0.143 e. The maximum absolute atomic E-state index is 7.46. The zero-order chi connectivity index (χ0) is 54.2. The molecule has 0 aliphatic carbocycles. The summed E-state index contributed by atoms with van der Waals surface area (Å²) in [7, 11) is 0. The first kappa shape index (κ1) is 48.3. The molecule has 4 aromatic heterocycles. The minimum absolute atomic E-state index is 0.219. The highest BCUT2D eigenvalue weighted by Gasteiger charge is 2.41. The van der Waals surface area contributed by atoms with Gasteiger partial charge in [0.15, 0.2) is 0 Å². The number of nitrogens with zero attached hydrogens (tertiary/aromatic N) is 4. The summed E-state index contributed by atoms with van der Waals surface area (Å²) >= 11 is 14.5. The van der Waals surface area contributed by atoms with Crippen LogP contribution in [0.4, 0.5) is 23.3 Å². The van der Waals surface area contributed by atoms with E-state index in [-0.39, 0.29) is 24.2 Å². The summed E-state index contributed by atoms with van der Waals surface area (Å²) in [5.41, 5.74) is 17.7. The first-order chi connectivity index (χ1) is 40.5. The largest absolute Gasteiger partial charge is 0.324 e. The predicted octanol–water partition coefficient (Wildman–Crippen LogP) is 12.0. The second-order valence-corrected chi connectivity index (χ2v) is 23.1. The molecule has 12 nitrogen and oxygen atoms in total. The van der Waals surface area contributed by atoms with Gasteiger partial charge in [0, 0.05) is 69.3 Å². The van der Waals surface area contributed by atoms with Crippen LogP contribution in [0, 0.1) is 0 Å². The SMILES string of the molecule is Clc1ccc2c3[nH]c(c2c1Cl)N=c1[nH]c(c2c(C4NCCc5ccccc54)c(C4NCCc5ccccc54)c(C4NCCc5ccccc54)c(C4NCCc5ccccc54)c12)=Nc1[nH]c(c2ccccc12)N=c1[nH]c(c2ccccc12)=N3. The number of aromatic amines is 4. The number of halogens is 2. The molecular formula is C68H54Cl2N12. The smallest absolute Gasteiger partial charge is 0.143 e. The summed E-state index contributed by atoms with van der Waals surface area (Å²) in [6.07, 6.45) is 3.64. The molecule has 12 aromatic rings. The molecule has 400 valence electrons. The molecule has 0 saturated carbocycles. The molecule has 4 atom stereocenters. The highest BCUT2D eigenvalue weighted by Crippen LogP contribution is 2.50. The zero-order valence-electron chi connectivity index (χ0n) is 44.5. The molecule has 0 fully saturated rings. The van der Waals surface area contributed by atoms with Gasteiger partial charge in [0.1, 0.15) is 45.2 Å². The first-order valence-corrected chi connectivity index (χ1v) is 29.3. The van der Waals surface area contributed by atoms with Crippen molar-refractivity contribution in [3.05, 3.63) is 256 Å². The number of aromatic nitrogens is 4. The third-order valence-electron chi connectivity index (χ3n) is 18.0. The lowest BCUT2D eigenvalue weighted by molar-refractivity contribution is 0.506. The number of fused-ring (bicyclic) bond motifs is 24. The lowest BCUT2D eigenvalue weighted by Gasteiger charge is -2.41. The zero-order valence-corrected chi connectivity index (χ0v) is 46.0. The van der Waals surface area contributed by atoms with Crippen LogP contribution in [-0.4, -0.2) is 46.1 Å². The summed E-state index contributed by atoms with van der Waals surface area (Å²) in [5.74, 6) is 2.43. The highest BCUT2D eigenvalue weighted by atomic mass is 35.5. The lowest BCUT2D eigenvalue weighted by Crippen LogP contribution is -2.40. The van der Waals surface area contributed by atoms with Crippen molar-refractivity contribution in [3.8, 4) is 0 Å². The van der Waals surface area contributed by atoms with Gasteiger partial charge >= 0.3 is 0 Å². The Morgan fingerprint density at radius 2 is 0.646 bits per heavy atom. The van der Waals surface area contributed by atoms with Gasteiger partial charge in [-0.2, -0.15) is 0 Å². The topological polar surface area (TPSA) is 161 Å². The van der Waals surface area contributed by atoms with Crippen molar-refractivity contribution in [2.45, 2.75) is 49.9 Å². The fraction of sp³-hybridized carbons (Fsp3) is 0.176. The van der Waals surface area contributed by atoms with Gasteiger partial charge < -0.3 is 41.2 Å². The Morgan fingerprint density at radius 3 is 1.10 bits per heavy atom. The minimum atomic E-state index is -0.279. The van der Waals surface area contributed by atoms with E-state index in [4.69, 9.17) is 43.2 Å². The molecule has 4 unspecified atom stereocenters. The van der Waals surface area contributed by atoms with Crippen LogP contribution in [0.1, 0.15) is 90.9 Å². The molecular weight excluding hydrogens is 1060 g/mol. The molecule has 82 heavy (non-hydrogen) atoms. The van der Waals surface area contributed by atoms with E-state index < -0.39 is 0 Å². The molecule has 0 radical (unpaired) electrons. The number of hydrogen-bond donors (Lipinski definition) is 8. The predicted molar refractivity (Wildman–Crippen MR) is 326 cm³/mol. The van der Waals surface area contributed by atoms with Crippen LogP contribution >= 0.6 is 23.2 Å². The van der Waals surface area contributed by atoms with Crippen molar-refractivity contribution >= 4 is 89.6 Å². The Morgan fingerprint density at radius 1 is 0.305 bits per heavy atom. The van der Waals surface area contributed by atoms with Gasteiger partial charge in [-0.15, -0.1) is 0 Å². The fourth-order valence-electron chi connectivity index (χ4n) is 14.5. The monoisotopic (exact) mass is 1110 g/mol. The summed E-state index contributed by atoms with van der Waals surface area (Å²) in [5, 5.41) is 24.7. The van der Waals surface area contributed by atoms with E-state index in [1.807, 2.05) is 24.3 Å². The molecule has 14 heteroatoms. The average molecular weight is 1110 g/mol. The molecule has 0 amide bonds. The summed E-state index contributed by atoms with van der Waals surface area (Å²) in [6.45, 7) is 3.17. The van der Waals surface area contributed by atoms with Gasteiger partial charge in [-0.05, 0) is 105 Å². The number of rotatable bonds is 4. The highest BCUT2D eigenvalue weighted by molar-refractivity contribution is 6.46. The van der Waals surface area contributed by atoms with Gasteiger partial charge in [-0.1, -0.05) is 169 Å². The molecule has 5 aliphatic rings. The standard InChI is InChI=1S/C68H54Cl2N12/c69-48-26-25-47-49(56(48)70)66-80-65(47)78-63-44-22-10-9-21-43(44)61(76-63)75-62-45-23-11-12-24-46(45)64(77-62)79-67-54-52(59-41-19-7-3-15-37(41)29-33-73-59)50(57-39-17-5-1-13-35(39)27-31-71-57)51(58-40-18-6-2-14-36(40)28-32-72-58)53(55(54)68(81-66)82-67)60-42-20-8-4-16-38(42)30-34-74-60/h1-26,57-60,71-74H,27-34H2,(H4,75,76,77,78,79,80,81,82). The van der Waals surface area contributed by atoms with Crippen LogP contribution < -0.4 is 43.2 Å². The van der Waals surface area contributed by atoms with E-state index in [1.54, 1.807) is 0 Å². The molecule has 5 aliphatic heterocycles.